The van der Waals surface area contributed by atoms with Gasteiger partial charge in [0, 0.05) is 51.4 Å². The van der Waals surface area contributed by atoms with Gasteiger partial charge in [-0.25, -0.2) is 0 Å². The Morgan fingerprint density at radius 2 is 0.336 bits per heavy atom. The maximum Gasteiger partial charge on any atom is 0.126 e. The quantitative estimate of drug-likeness (QED) is 0.163. The molecule has 11 rings (SSSR count). The number of benzene rings is 9. The molecule has 2 aliphatic heterocycles. The minimum Gasteiger partial charge on any atom is -0.496 e. The average Bonchev–Trinajstić information content (AvgIpc) is 0.770. The molecular weight excluding hydrogens is 1350 g/mol. The van der Waals surface area contributed by atoms with Crippen LogP contribution in [-0.4, -0.2) is 42.7 Å². The van der Waals surface area contributed by atoms with E-state index >= 15 is 0 Å². The lowest BCUT2D eigenvalue weighted by Gasteiger charge is -2.29. The van der Waals surface area contributed by atoms with Crippen LogP contribution in [0.5, 0.6) is 46.0 Å². The van der Waals surface area contributed by atoms with Crippen molar-refractivity contribution in [2.75, 3.05) is 42.7 Å². The van der Waals surface area contributed by atoms with Crippen molar-refractivity contribution in [2.24, 2.45) is 0 Å². The fourth-order valence-corrected chi connectivity index (χ4v) is 16.3. The van der Waals surface area contributed by atoms with E-state index in [-0.39, 0.29) is 43.3 Å². The SMILES string of the molecule is COc1c2cc(C(C)(C)C)cc1Cc1cc(C(C)(C)C)cc(c1OC)Cc1cc(C(C)(C)C)cc3c1OCc1cccc(c1)COc1c(cc(C(C)(C)C)cc1Cc1cc(C(C)(C)C)cc(c1OC)Cc1cc(C(C)(C)C)cc(c1OC)Cc1cc(C(C)(C)C)cc(c1OC)C3)Cc1cc(C(C)(C)C)cc(c1OC)C2. The van der Waals surface area contributed by atoms with Gasteiger partial charge in [-0.1, -0.05) is 281 Å². The highest BCUT2D eigenvalue weighted by atomic mass is 16.5. The molecule has 8 heteroatoms. The van der Waals surface area contributed by atoms with Gasteiger partial charge >= 0.3 is 0 Å². The Kier molecular flexibility index (Phi) is 23.1. The zero-order valence-corrected chi connectivity index (χ0v) is 72.9. The van der Waals surface area contributed by atoms with Crippen molar-refractivity contribution >= 4 is 0 Å². The van der Waals surface area contributed by atoms with Crippen molar-refractivity contribution in [3.8, 4) is 46.0 Å². The molecule has 0 saturated carbocycles. The van der Waals surface area contributed by atoms with Gasteiger partial charge in [-0.2, -0.15) is 0 Å². The molecule has 0 aliphatic carbocycles. The summed E-state index contributed by atoms with van der Waals surface area (Å²) in [4.78, 5) is 0. The van der Waals surface area contributed by atoms with Crippen LogP contribution in [0.1, 0.15) is 311 Å². The van der Waals surface area contributed by atoms with E-state index in [1.54, 1.807) is 0 Å². The predicted octanol–water partition coefficient (Wildman–Crippen LogP) is 24.6. The Hall–Kier alpha value is -8.62. The molecule has 2 heterocycles. The van der Waals surface area contributed by atoms with Gasteiger partial charge in [0.25, 0.3) is 0 Å². The van der Waals surface area contributed by atoms with Crippen molar-refractivity contribution in [3.05, 3.63) is 266 Å². The Bertz CT molecular complexity index is 4370. The third-order valence-electron chi connectivity index (χ3n) is 22.9. The summed E-state index contributed by atoms with van der Waals surface area (Å²) < 4.78 is 56.6. The third kappa shape index (κ3) is 18.0. The van der Waals surface area contributed by atoms with Crippen molar-refractivity contribution in [1.82, 2.24) is 0 Å². The normalized spacial score (nSPS) is 14.2. The van der Waals surface area contributed by atoms with Gasteiger partial charge in [0.05, 0.1) is 42.7 Å². The number of fused-ring (bicyclic) bond motifs is 14. The molecule has 0 amide bonds. The van der Waals surface area contributed by atoms with Gasteiger partial charge in [0.15, 0.2) is 0 Å². The highest BCUT2D eigenvalue weighted by Gasteiger charge is 2.33. The number of hydrogen-bond donors (Lipinski definition) is 0. The average molecular weight is 1480 g/mol. The first-order chi connectivity index (χ1) is 51.2. The first-order valence-electron chi connectivity index (χ1n) is 40.1. The molecule has 9 aromatic carbocycles. The highest BCUT2D eigenvalue weighted by Crippen LogP contribution is 2.49. The summed E-state index contributed by atoms with van der Waals surface area (Å²) in [5.41, 5.74) is 27.4. The van der Waals surface area contributed by atoms with E-state index in [0.717, 1.165) is 146 Å². The van der Waals surface area contributed by atoms with Gasteiger partial charge in [-0.15, -0.1) is 0 Å². The standard InChI is InChI=1S/C102H130O8/c1-95(2,3)79-43-63-35-67-47-81(97(7,8)9)51-71(89(67)105-27)39-75-55-85(101(19,20)21)57-77-41-73-53-83(99(13,14)15)49-69(91(73)107-29)37-65-45-80(96(4,5)6)46-66(88(65)104-26)38-70-50-84(100(16,17)18)54-74(92(70)108-30)42-78-58-86(102(22,23)24)56-76(94(78)110-60-62-33-31-32-61(34-62)59-109-93(75)77)40-72-52-82(98(10,11)12)48-68(90(72)106-28)36-64(44-79)87(63)103-25/h31-34,43-58H,35-42,59-60H2,1-30H3. The Balaban J connectivity index is 1.32. The van der Waals surface area contributed by atoms with Crippen molar-refractivity contribution < 1.29 is 37.9 Å². The Morgan fingerprint density at radius 3 is 0.473 bits per heavy atom. The maximum atomic E-state index is 7.71. The molecule has 110 heavy (non-hydrogen) atoms. The summed E-state index contributed by atoms with van der Waals surface area (Å²) >= 11 is 0. The minimum absolute atomic E-state index is 0.216. The second-order valence-corrected chi connectivity index (χ2v) is 40.0. The lowest BCUT2D eigenvalue weighted by atomic mass is 9.79. The van der Waals surface area contributed by atoms with Gasteiger partial charge in [0.1, 0.15) is 59.2 Å². The van der Waals surface area contributed by atoms with Crippen LogP contribution in [0.15, 0.2) is 121 Å². The van der Waals surface area contributed by atoms with Crippen LogP contribution >= 0.6 is 0 Å². The van der Waals surface area contributed by atoms with Crippen LogP contribution in [0.25, 0.3) is 0 Å². The summed E-state index contributed by atoms with van der Waals surface area (Å²) in [7, 11) is 11.1. The fraction of sp³-hybridized carbons (Fsp3) is 0.471. The number of ether oxygens (including phenoxy) is 8. The lowest BCUT2D eigenvalue weighted by molar-refractivity contribution is 0.294. The largest absolute Gasteiger partial charge is 0.496 e. The summed E-state index contributed by atoms with van der Waals surface area (Å²) in [5, 5.41) is 0. The number of rotatable bonds is 6. The molecule has 8 nitrogen and oxygen atoms in total. The molecule has 9 aromatic rings. The lowest BCUT2D eigenvalue weighted by Crippen LogP contribution is -2.17. The Morgan fingerprint density at radius 1 is 0.200 bits per heavy atom. The van der Waals surface area contributed by atoms with Gasteiger partial charge in [-0.05, 0) is 194 Å². The van der Waals surface area contributed by atoms with Crippen molar-refractivity contribution in [3.63, 3.8) is 0 Å². The van der Waals surface area contributed by atoms with E-state index in [9.17, 15) is 0 Å². The summed E-state index contributed by atoms with van der Waals surface area (Å²) in [5.74, 6) is 6.83. The molecule has 16 bridgehead atoms. The predicted molar refractivity (Wildman–Crippen MR) is 458 cm³/mol. The van der Waals surface area contributed by atoms with E-state index in [4.69, 9.17) is 37.9 Å². The first-order valence-corrected chi connectivity index (χ1v) is 40.1. The molecule has 0 unspecified atom stereocenters. The third-order valence-corrected chi connectivity index (χ3v) is 22.9. The van der Waals surface area contributed by atoms with Gasteiger partial charge < -0.3 is 37.9 Å². The van der Waals surface area contributed by atoms with Crippen LogP contribution < -0.4 is 37.9 Å². The topological polar surface area (TPSA) is 73.8 Å². The van der Waals surface area contributed by atoms with E-state index in [0.29, 0.717) is 64.6 Å². The van der Waals surface area contributed by atoms with Crippen molar-refractivity contribution in [1.29, 1.82) is 0 Å². The van der Waals surface area contributed by atoms with Crippen LogP contribution in [0.3, 0.4) is 0 Å². The van der Waals surface area contributed by atoms with Gasteiger partial charge in [-0.3, -0.25) is 0 Å². The minimum atomic E-state index is -0.257. The molecule has 586 valence electrons. The monoisotopic (exact) mass is 1480 g/mol. The molecule has 0 aromatic heterocycles. The van der Waals surface area contributed by atoms with Crippen LogP contribution in [0.4, 0.5) is 0 Å². The van der Waals surface area contributed by atoms with Crippen LogP contribution in [-0.2, 0) is 108 Å². The van der Waals surface area contributed by atoms with Crippen molar-refractivity contribution in [2.45, 2.75) is 274 Å². The smallest absolute Gasteiger partial charge is 0.126 e. The van der Waals surface area contributed by atoms with E-state index in [2.05, 4.69) is 287 Å². The number of methoxy groups -OCH3 is 6. The van der Waals surface area contributed by atoms with Crippen LogP contribution in [0.2, 0.25) is 0 Å². The van der Waals surface area contributed by atoms with E-state index in [1.165, 1.54) is 44.5 Å². The molecule has 2 aliphatic rings. The Labute approximate surface area is 662 Å². The zero-order chi connectivity index (χ0) is 80.5. The van der Waals surface area contributed by atoms with Gasteiger partial charge in [0.2, 0.25) is 0 Å². The summed E-state index contributed by atoms with van der Waals surface area (Å²) in [6, 6.07) is 47.2. The number of hydrogen-bond acceptors (Lipinski definition) is 8. The molecule has 0 atom stereocenters. The zero-order valence-electron chi connectivity index (χ0n) is 72.9. The fourth-order valence-electron chi connectivity index (χ4n) is 16.3. The highest BCUT2D eigenvalue weighted by molar-refractivity contribution is 5.63. The molecule has 0 saturated heterocycles. The molecule has 0 N–H and O–H groups in total. The van der Waals surface area contributed by atoms with E-state index < -0.39 is 0 Å². The summed E-state index contributed by atoms with van der Waals surface area (Å²) in [6.45, 7) is 56.3. The second kappa shape index (κ2) is 30.8. The molecular formula is C102H130O8. The van der Waals surface area contributed by atoms with Crippen LogP contribution in [0, 0.1) is 0 Å². The first kappa shape index (κ1) is 82.3. The summed E-state index contributed by atoms with van der Waals surface area (Å²) in [6.07, 6.45) is 4.33. The molecule has 0 fully saturated rings. The van der Waals surface area contributed by atoms with E-state index in [1.807, 2.05) is 42.7 Å². The molecule has 0 spiro atoms. The maximum absolute atomic E-state index is 7.71. The second-order valence-electron chi connectivity index (χ2n) is 40.0. The molecule has 0 radical (unpaired) electrons.